The first-order valence-electron chi connectivity index (χ1n) is 8.60. The van der Waals surface area contributed by atoms with E-state index in [2.05, 4.69) is 15.4 Å². The molecule has 27 heavy (non-hydrogen) atoms. The lowest BCUT2D eigenvalue weighted by Gasteiger charge is -2.24. The van der Waals surface area contributed by atoms with Crippen molar-refractivity contribution in [1.29, 1.82) is 0 Å². The Kier molecular flexibility index (Phi) is 4.49. The van der Waals surface area contributed by atoms with Gasteiger partial charge in [-0.15, -0.1) is 0 Å². The molecule has 0 aliphatic carbocycles. The zero-order chi connectivity index (χ0) is 19.0. The summed E-state index contributed by atoms with van der Waals surface area (Å²) in [5.41, 5.74) is 1.85. The first-order chi connectivity index (χ1) is 13.0. The summed E-state index contributed by atoms with van der Waals surface area (Å²) >= 11 is 1.42. The highest BCUT2D eigenvalue weighted by molar-refractivity contribution is 7.19. The number of nitrogens with one attached hydrogen (secondary N) is 1. The van der Waals surface area contributed by atoms with Gasteiger partial charge in [-0.25, -0.2) is 4.98 Å². The van der Waals surface area contributed by atoms with Crippen molar-refractivity contribution >= 4 is 28.2 Å². The van der Waals surface area contributed by atoms with Gasteiger partial charge in [-0.3, -0.25) is 14.3 Å². The van der Waals surface area contributed by atoms with Gasteiger partial charge >= 0.3 is 0 Å². The Bertz CT molecular complexity index is 981. The number of hydrogen-bond donors (Lipinski definition) is 1. The largest absolute Gasteiger partial charge is 0.336 e. The number of carbonyl (C=O) groups excluding carboxylic acids is 2. The maximum atomic E-state index is 12.9. The molecule has 1 aromatic carbocycles. The minimum Gasteiger partial charge on any atom is -0.336 e. The summed E-state index contributed by atoms with van der Waals surface area (Å²) in [4.78, 5) is 31.2. The first kappa shape index (κ1) is 17.4. The molecule has 0 saturated carbocycles. The number of amides is 2. The van der Waals surface area contributed by atoms with E-state index in [9.17, 15) is 9.59 Å². The number of aromatic nitrogens is 3. The summed E-state index contributed by atoms with van der Waals surface area (Å²) in [6.07, 6.45) is 3.52. The van der Waals surface area contributed by atoms with E-state index in [0.717, 1.165) is 16.3 Å². The van der Waals surface area contributed by atoms with Crippen LogP contribution in [0.25, 0.3) is 10.6 Å². The van der Waals surface area contributed by atoms with Crippen molar-refractivity contribution in [2.75, 3.05) is 12.4 Å². The molecule has 0 unspecified atom stereocenters. The fourth-order valence-electron chi connectivity index (χ4n) is 3.44. The van der Waals surface area contributed by atoms with Gasteiger partial charge in [0.15, 0.2) is 0 Å². The number of nitrogens with zero attached hydrogens (tertiary/aromatic N) is 4. The summed E-state index contributed by atoms with van der Waals surface area (Å²) in [5, 5.41) is 8.62. The van der Waals surface area contributed by atoms with Crippen molar-refractivity contribution < 1.29 is 9.59 Å². The molecule has 2 aromatic heterocycles. The second kappa shape index (κ2) is 6.96. The third-order valence-electron chi connectivity index (χ3n) is 4.86. The summed E-state index contributed by atoms with van der Waals surface area (Å²) < 4.78 is 1.71. The molecule has 3 heterocycles. The molecule has 1 aliphatic heterocycles. The average molecular weight is 381 g/mol. The quantitative estimate of drug-likeness (QED) is 0.754. The Morgan fingerprint density at radius 2 is 2.00 bits per heavy atom. The monoisotopic (exact) mass is 381 g/mol. The SMILES string of the molecule is CN1C(=O)C[C@H](C(=O)Nc2cnc(-c3ccccc3)s2)[C@@H]1c1ccnn1C. The highest BCUT2D eigenvalue weighted by atomic mass is 32.1. The molecule has 7 nitrogen and oxygen atoms in total. The second-order valence-corrected chi connectivity index (χ2v) is 7.56. The van der Waals surface area contributed by atoms with E-state index in [-0.39, 0.29) is 24.3 Å². The van der Waals surface area contributed by atoms with Crippen molar-refractivity contribution in [3.05, 3.63) is 54.5 Å². The van der Waals surface area contributed by atoms with E-state index in [0.29, 0.717) is 5.00 Å². The summed E-state index contributed by atoms with van der Waals surface area (Å²) in [7, 11) is 3.55. The van der Waals surface area contributed by atoms with E-state index in [4.69, 9.17) is 0 Å². The van der Waals surface area contributed by atoms with E-state index < -0.39 is 5.92 Å². The number of thiazole rings is 1. The standard InChI is InChI=1S/C19H19N5O2S/c1-23-16(25)10-13(17(23)14-8-9-21-24(14)2)18(26)22-15-11-20-19(27-15)12-6-4-3-5-7-12/h3-9,11,13,17H,10H2,1-2H3,(H,22,26)/t13-,17+/m0/s1. The van der Waals surface area contributed by atoms with Crippen molar-refractivity contribution in [1.82, 2.24) is 19.7 Å². The summed E-state index contributed by atoms with van der Waals surface area (Å²) in [6, 6.07) is 11.3. The summed E-state index contributed by atoms with van der Waals surface area (Å²) in [5.74, 6) is -0.696. The van der Waals surface area contributed by atoms with Crippen LogP contribution in [0.1, 0.15) is 18.2 Å². The molecule has 0 spiro atoms. The van der Waals surface area contributed by atoms with Crippen LogP contribution >= 0.6 is 11.3 Å². The first-order valence-corrected chi connectivity index (χ1v) is 9.42. The van der Waals surface area contributed by atoms with Crippen LogP contribution in [0.2, 0.25) is 0 Å². The molecule has 3 aromatic rings. The number of rotatable bonds is 4. The lowest BCUT2D eigenvalue weighted by atomic mass is 9.96. The molecule has 2 amide bonds. The molecule has 1 fully saturated rings. The van der Waals surface area contributed by atoms with Crippen LogP contribution in [-0.4, -0.2) is 38.5 Å². The third kappa shape index (κ3) is 3.23. The van der Waals surface area contributed by atoms with Gasteiger partial charge in [0.2, 0.25) is 11.8 Å². The highest BCUT2D eigenvalue weighted by Crippen LogP contribution is 2.38. The number of anilines is 1. The Morgan fingerprint density at radius 1 is 1.22 bits per heavy atom. The predicted molar refractivity (Wildman–Crippen MR) is 103 cm³/mol. The minimum atomic E-state index is -0.472. The molecule has 0 radical (unpaired) electrons. The zero-order valence-electron chi connectivity index (χ0n) is 15.0. The molecular formula is C19H19N5O2S. The Labute approximate surface area is 160 Å². The summed E-state index contributed by atoms with van der Waals surface area (Å²) in [6.45, 7) is 0. The number of carbonyl (C=O) groups is 2. The lowest BCUT2D eigenvalue weighted by Crippen LogP contribution is -2.31. The molecule has 1 saturated heterocycles. The minimum absolute atomic E-state index is 0.0457. The van der Waals surface area contributed by atoms with Crippen molar-refractivity contribution in [2.45, 2.75) is 12.5 Å². The van der Waals surface area contributed by atoms with Crippen LogP contribution in [0.15, 0.2) is 48.8 Å². The van der Waals surface area contributed by atoms with Crippen LogP contribution in [0.4, 0.5) is 5.00 Å². The number of benzene rings is 1. The normalized spacial score (nSPS) is 19.5. The van der Waals surface area contributed by atoms with E-state index in [1.807, 2.05) is 43.4 Å². The molecule has 0 bridgehead atoms. The fourth-order valence-corrected chi connectivity index (χ4v) is 4.27. The smallest absolute Gasteiger partial charge is 0.231 e. The number of aryl methyl sites for hydroxylation is 1. The Hall–Kier alpha value is -3.00. The van der Waals surface area contributed by atoms with Crippen LogP contribution < -0.4 is 5.32 Å². The van der Waals surface area contributed by atoms with E-state index in [1.54, 1.807) is 29.0 Å². The van der Waals surface area contributed by atoms with Gasteiger partial charge in [0.25, 0.3) is 0 Å². The fraction of sp³-hybridized carbons (Fsp3) is 0.263. The van der Waals surface area contributed by atoms with Crippen LogP contribution in [-0.2, 0) is 16.6 Å². The number of likely N-dealkylation sites (tertiary alicyclic amines) is 1. The van der Waals surface area contributed by atoms with Gasteiger partial charge in [0.1, 0.15) is 10.0 Å². The highest BCUT2D eigenvalue weighted by Gasteiger charge is 2.44. The van der Waals surface area contributed by atoms with Crippen LogP contribution in [0.3, 0.4) is 0 Å². The van der Waals surface area contributed by atoms with E-state index >= 15 is 0 Å². The van der Waals surface area contributed by atoms with Gasteiger partial charge < -0.3 is 10.2 Å². The molecular weight excluding hydrogens is 362 g/mol. The molecule has 8 heteroatoms. The van der Waals surface area contributed by atoms with Crippen LogP contribution in [0.5, 0.6) is 0 Å². The van der Waals surface area contributed by atoms with Crippen molar-refractivity contribution in [2.24, 2.45) is 13.0 Å². The van der Waals surface area contributed by atoms with Crippen molar-refractivity contribution in [3.63, 3.8) is 0 Å². The van der Waals surface area contributed by atoms with Gasteiger partial charge in [-0.1, -0.05) is 41.7 Å². The second-order valence-electron chi connectivity index (χ2n) is 6.52. The van der Waals surface area contributed by atoms with Gasteiger partial charge in [0.05, 0.1) is 23.9 Å². The average Bonchev–Trinajstić information content (AvgIpc) is 3.37. The molecule has 4 rings (SSSR count). The van der Waals surface area contributed by atoms with Gasteiger partial charge in [-0.2, -0.15) is 5.10 Å². The maximum Gasteiger partial charge on any atom is 0.231 e. The zero-order valence-corrected chi connectivity index (χ0v) is 15.8. The van der Waals surface area contributed by atoms with Gasteiger partial charge in [0, 0.05) is 32.3 Å². The topological polar surface area (TPSA) is 80.1 Å². The van der Waals surface area contributed by atoms with Gasteiger partial charge in [-0.05, 0) is 6.07 Å². The predicted octanol–water partition coefficient (Wildman–Crippen LogP) is 2.70. The molecule has 138 valence electrons. The maximum absolute atomic E-state index is 12.9. The third-order valence-corrected chi connectivity index (χ3v) is 5.82. The van der Waals surface area contributed by atoms with E-state index in [1.165, 1.54) is 11.3 Å². The Morgan fingerprint density at radius 3 is 2.70 bits per heavy atom. The number of hydrogen-bond acceptors (Lipinski definition) is 5. The molecule has 2 atom stereocenters. The lowest BCUT2D eigenvalue weighted by molar-refractivity contribution is -0.128. The van der Waals surface area contributed by atoms with Crippen LogP contribution in [0, 0.1) is 5.92 Å². The molecule has 1 aliphatic rings. The Balaban J connectivity index is 1.55. The van der Waals surface area contributed by atoms with Crippen molar-refractivity contribution in [3.8, 4) is 10.6 Å². The molecule has 1 N–H and O–H groups in total.